The van der Waals surface area contributed by atoms with E-state index in [1.807, 2.05) is 11.6 Å². The molecule has 0 saturated carbocycles. The van der Waals surface area contributed by atoms with Gasteiger partial charge in [0.1, 0.15) is 47.1 Å². The minimum Gasteiger partial charge on any atom is -0.488 e. The van der Waals surface area contributed by atoms with Gasteiger partial charge in [-0.05, 0) is 31.9 Å². The second kappa shape index (κ2) is 10.5. The van der Waals surface area contributed by atoms with E-state index in [2.05, 4.69) is 31.4 Å². The number of hydrogen-bond donors (Lipinski definition) is 1. The van der Waals surface area contributed by atoms with Crippen LogP contribution < -0.4 is 4.74 Å². The zero-order valence-electron chi connectivity index (χ0n) is 21.2. The number of aromatic nitrogens is 6. The predicted octanol–water partition coefficient (Wildman–Crippen LogP) is 3.11. The molecular weight excluding hydrogens is 527 g/mol. The SMILES string of the molecule is Cc1c(-c2cc(OCC(O)c3ncc(F)cc3Cl)c3c(C#N)cnn3c2)nnn1C1CCN(C2COC2)CC1. The number of ether oxygens (including phenoxy) is 2. The summed E-state index contributed by atoms with van der Waals surface area (Å²) in [4.78, 5) is 6.37. The number of likely N-dealkylation sites (tertiary alicyclic amines) is 1. The molecule has 0 amide bonds. The maximum atomic E-state index is 13.4. The Labute approximate surface area is 228 Å². The van der Waals surface area contributed by atoms with E-state index >= 15 is 0 Å². The zero-order chi connectivity index (χ0) is 27.1. The summed E-state index contributed by atoms with van der Waals surface area (Å²) >= 11 is 6.05. The summed E-state index contributed by atoms with van der Waals surface area (Å²) in [5.41, 5.74) is 3.14. The highest BCUT2D eigenvalue weighted by Crippen LogP contribution is 2.33. The molecule has 39 heavy (non-hydrogen) atoms. The van der Waals surface area contributed by atoms with E-state index in [9.17, 15) is 14.8 Å². The smallest absolute Gasteiger partial charge is 0.147 e. The molecule has 4 aromatic heterocycles. The van der Waals surface area contributed by atoms with E-state index in [1.165, 1.54) is 6.20 Å². The first kappa shape index (κ1) is 25.6. The number of piperidine rings is 1. The van der Waals surface area contributed by atoms with Crippen LogP contribution in [0.25, 0.3) is 16.8 Å². The van der Waals surface area contributed by atoms with Crippen LogP contribution in [0.5, 0.6) is 5.75 Å². The van der Waals surface area contributed by atoms with E-state index in [4.69, 9.17) is 21.1 Å². The van der Waals surface area contributed by atoms with Crippen LogP contribution in [0.2, 0.25) is 5.02 Å². The fourth-order valence-electron chi connectivity index (χ4n) is 5.21. The van der Waals surface area contributed by atoms with Crippen LogP contribution in [0.15, 0.2) is 30.7 Å². The molecule has 11 nitrogen and oxygen atoms in total. The number of nitriles is 1. The summed E-state index contributed by atoms with van der Waals surface area (Å²) in [5.74, 6) is -0.282. The van der Waals surface area contributed by atoms with Gasteiger partial charge in [-0.3, -0.25) is 9.88 Å². The zero-order valence-corrected chi connectivity index (χ0v) is 21.9. The van der Waals surface area contributed by atoms with Crippen molar-refractivity contribution in [1.82, 2.24) is 34.5 Å². The summed E-state index contributed by atoms with van der Waals surface area (Å²) < 4.78 is 28.2. The standard InChI is InChI=1S/C26H26ClFN8O3/c1-15-24(32-33-36(15)19-2-4-34(5-3-19)20-12-38-13-20)16-6-23(26-17(8-29)9-31-35(26)11-16)39-14-22(37)25-21(27)7-18(28)10-30-25/h6-7,9-11,19-20,22,37H,2-5,12-14H2,1H3. The summed E-state index contributed by atoms with van der Waals surface area (Å²) in [5, 5.41) is 33.5. The lowest BCUT2D eigenvalue weighted by Crippen LogP contribution is -2.52. The minimum atomic E-state index is -1.23. The van der Waals surface area contributed by atoms with Crippen LogP contribution in [0.3, 0.4) is 0 Å². The second-order valence-corrected chi connectivity index (χ2v) is 10.2. The number of fused-ring (bicyclic) bond motifs is 1. The number of hydrogen-bond acceptors (Lipinski definition) is 9. The van der Waals surface area contributed by atoms with Gasteiger partial charge >= 0.3 is 0 Å². The van der Waals surface area contributed by atoms with Crippen molar-refractivity contribution >= 4 is 17.1 Å². The van der Waals surface area contributed by atoms with Gasteiger partial charge in [-0.25, -0.2) is 13.6 Å². The molecule has 6 heterocycles. The number of rotatable bonds is 7. The van der Waals surface area contributed by atoms with Crippen LogP contribution in [-0.2, 0) is 4.74 Å². The van der Waals surface area contributed by atoms with Gasteiger partial charge in [0.15, 0.2) is 0 Å². The van der Waals surface area contributed by atoms with Crippen LogP contribution in [-0.4, -0.2) is 78.6 Å². The van der Waals surface area contributed by atoms with Crippen molar-refractivity contribution in [1.29, 1.82) is 5.26 Å². The van der Waals surface area contributed by atoms with Crippen molar-refractivity contribution in [3.63, 3.8) is 0 Å². The molecular formula is C26H26ClFN8O3. The molecule has 1 atom stereocenters. The third-order valence-electron chi connectivity index (χ3n) is 7.43. The summed E-state index contributed by atoms with van der Waals surface area (Å²) in [6.45, 7) is 5.38. The fourth-order valence-corrected chi connectivity index (χ4v) is 5.49. The van der Waals surface area contributed by atoms with Crippen molar-refractivity contribution in [2.75, 3.05) is 32.9 Å². The topological polar surface area (TPSA) is 127 Å². The van der Waals surface area contributed by atoms with Crippen molar-refractivity contribution in [2.24, 2.45) is 0 Å². The average molecular weight is 553 g/mol. The monoisotopic (exact) mass is 552 g/mol. The van der Waals surface area contributed by atoms with E-state index in [0.717, 1.165) is 57.1 Å². The Kier molecular flexibility index (Phi) is 6.90. The van der Waals surface area contributed by atoms with Gasteiger partial charge < -0.3 is 14.6 Å². The maximum absolute atomic E-state index is 13.4. The normalized spacial score (nSPS) is 17.7. The first-order valence-corrected chi connectivity index (χ1v) is 13.1. The lowest BCUT2D eigenvalue weighted by atomic mass is 10.0. The van der Waals surface area contributed by atoms with Gasteiger partial charge in [0.2, 0.25) is 0 Å². The van der Waals surface area contributed by atoms with Crippen LogP contribution >= 0.6 is 11.6 Å². The molecule has 0 aliphatic carbocycles. The quantitative estimate of drug-likeness (QED) is 0.368. The molecule has 2 aliphatic heterocycles. The molecule has 0 spiro atoms. The number of nitrogens with zero attached hydrogens (tertiary/aromatic N) is 8. The van der Waals surface area contributed by atoms with Crippen molar-refractivity contribution < 1.29 is 19.0 Å². The molecule has 2 saturated heterocycles. The Balaban J connectivity index is 1.26. The van der Waals surface area contributed by atoms with Crippen LogP contribution in [0.1, 0.15) is 41.9 Å². The lowest BCUT2D eigenvalue weighted by molar-refractivity contribution is -0.0735. The van der Waals surface area contributed by atoms with E-state index in [0.29, 0.717) is 34.1 Å². The van der Waals surface area contributed by atoms with Crippen molar-refractivity contribution in [3.05, 3.63) is 58.5 Å². The van der Waals surface area contributed by atoms with E-state index in [1.54, 1.807) is 16.8 Å². The van der Waals surface area contributed by atoms with Gasteiger partial charge in [-0.15, -0.1) is 5.10 Å². The summed E-state index contributed by atoms with van der Waals surface area (Å²) in [6.07, 6.45) is 4.94. The number of halogens is 2. The van der Waals surface area contributed by atoms with Gasteiger partial charge in [-0.1, -0.05) is 16.8 Å². The highest BCUT2D eigenvalue weighted by atomic mass is 35.5. The van der Waals surface area contributed by atoms with Gasteiger partial charge in [0.25, 0.3) is 0 Å². The Morgan fingerprint density at radius 3 is 2.74 bits per heavy atom. The molecule has 0 aromatic carbocycles. The van der Waals surface area contributed by atoms with Crippen molar-refractivity contribution in [2.45, 2.75) is 38.0 Å². The average Bonchev–Trinajstić information content (AvgIpc) is 3.49. The molecule has 0 radical (unpaired) electrons. The van der Waals surface area contributed by atoms with Crippen LogP contribution in [0, 0.1) is 24.1 Å². The molecule has 202 valence electrons. The Morgan fingerprint density at radius 2 is 2.05 bits per heavy atom. The fraction of sp³-hybridized carbons (Fsp3) is 0.423. The number of pyridine rings is 2. The Hall–Kier alpha value is -3.63. The number of aliphatic hydroxyl groups is 1. The number of aliphatic hydroxyl groups excluding tert-OH is 1. The Morgan fingerprint density at radius 1 is 1.26 bits per heavy atom. The van der Waals surface area contributed by atoms with Gasteiger partial charge in [-0.2, -0.15) is 10.4 Å². The lowest BCUT2D eigenvalue weighted by Gasteiger charge is -2.41. The highest BCUT2D eigenvalue weighted by molar-refractivity contribution is 6.31. The first-order valence-electron chi connectivity index (χ1n) is 12.7. The van der Waals surface area contributed by atoms with Crippen LogP contribution in [0.4, 0.5) is 4.39 Å². The Bertz CT molecular complexity index is 1550. The maximum Gasteiger partial charge on any atom is 0.147 e. The molecule has 4 aromatic rings. The van der Waals surface area contributed by atoms with Crippen molar-refractivity contribution in [3.8, 4) is 23.1 Å². The summed E-state index contributed by atoms with van der Waals surface area (Å²) in [6, 6.07) is 5.73. The van der Waals surface area contributed by atoms with E-state index < -0.39 is 11.9 Å². The van der Waals surface area contributed by atoms with E-state index in [-0.39, 0.29) is 23.4 Å². The summed E-state index contributed by atoms with van der Waals surface area (Å²) in [7, 11) is 0. The van der Waals surface area contributed by atoms with Gasteiger partial charge in [0.05, 0.1) is 54.1 Å². The largest absolute Gasteiger partial charge is 0.488 e. The van der Waals surface area contributed by atoms with Gasteiger partial charge in [0, 0.05) is 24.8 Å². The molecule has 1 unspecified atom stereocenters. The molecule has 0 bridgehead atoms. The highest BCUT2D eigenvalue weighted by Gasteiger charge is 2.31. The molecule has 13 heteroatoms. The first-order chi connectivity index (χ1) is 18.9. The predicted molar refractivity (Wildman–Crippen MR) is 138 cm³/mol. The molecule has 6 rings (SSSR count). The second-order valence-electron chi connectivity index (χ2n) is 9.83. The minimum absolute atomic E-state index is 0.00819. The molecule has 1 N–H and O–H groups in total. The molecule has 2 aliphatic rings. The third kappa shape index (κ3) is 4.83. The third-order valence-corrected chi connectivity index (χ3v) is 7.73. The molecule has 2 fully saturated rings.